The number of H-pyrrole nitrogens is 1. The number of hydrogen-bond donors (Lipinski definition) is 2. The zero-order valence-electron chi connectivity index (χ0n) is 18.6. The van der Waals surface area contributed by atoms with Gasteiger partial charge in [-0.2, -0.15) is 15.0 Å². The lowest BCUT2D eigenvalue weighted by Crippen LogP contribution is -2.30. The van der Waals surface area contributed by atoms with Gasteiger partial charge in [-0.05, 0) is 44.4 Å². The topological polar surface area (TPSA) is 101 Å². The summed E-state index contributed by atoms with van der Waals surface area (Å²) in [4.78, 5) is 23.7. The first-order valence-corrected chi connectivity index (χ1v) is 11.3. The number of pyridine rings is 1. The Hall–Kier alpha value is -3.88. The molecule has 1 aromatic carbocycles. The number of benzene rings is 1. The number of piperidine rings is 1. The Bertz CT molecular complexity index is 1190. The molecular formula is C24H27N7O2. The van der Waals surface area contributed by atoms with Crippen molar-refractivity contribution in [3.63, 3.8) is 0 Å². The molecule has 4 heterocycles. The highest BCUT2D eigenvalue weighted by atomic mass is 16.5. The number of hydrogen-bond acceptors (Lipinski definition) is 8. The van der Waals surface area contributed by atoms with Crippen molar-refractivity contribution in [2.24, 2.45) is 0 Å². The van der Waals surface area contributed by atoms with Crippen LogP contribution < -0.4 is 19.7 Å². The summed E-state index contributed by atoms with van der Waals surface area (Å²) in [5.74, 6) is 2.01. The van der Waals surface area contributed by atoms with Crippen LogP contribution in [0.2, 0.25) is 0 Å². The van der Waals surface area contributed by atoms with E-state index in [1.807, 2.05) is 30.3 Å². The zero-order chi connectivity index (χ0) is 22.5. The van der Waals surface area contributed by atoms with Crippen molar-refractivity contribution in [1.82, 2.24) is 24.9 Å². The number of nitrogens with zero attached hydrogens (tertiary/aromatic N) is 5. The van der Waals surface area contributed by atoms with Crippen molar-refractivity contribution in [2.75, 3.05) is 36.5 Å². The highest BCUT2D eigenvalue weighted by Crippen LogP contribution is 2.29. The maximum atomic E-state index is 5.83. The molecule has 9 nitrogen and oxygen atoms in total. The summed E-state index contributed by atoms with van der Waals surface area (Å²) in [5, 5.41) is 3.32. The molecule has 1 aliphatic heterocycles. The van der Waals surface area contributed by atoms with E-state index in [4.69, 9.17) is 14.5 Å². The molecule has 1 aliphatic rings. The van der Waals surface area contributed by atoms with Gasteiger partial charge in [-0.25, -0.2) is 4.98 Å². The van der Waals surface area contributed by atoms with E-state index in [1.165, 1.54) is 12.0 Å². The summed E-state index contributed by atoms with van der Waals surface area (Å²) < 4.78 is 11.4. The highest BCUT2D eigenvalue weighted by Gasteiger charge is 2.20. The van der Waals surface area contributed by atoms with Crippen molar-refractivity contribution in [1.29, 1.82) is 0 Å². The minimum Gasteiger partial charge on any atom is -0.474 e. The number of anilines is 3. The van der Waals surface area contributed by atoms with Gasteiger partial charge in [0.15, 0.2) is 11.5 Å². The van der Waals surface area contributed by atoms with Crippen molar-refractivity contribution in [3.8, 4) is 11.9 Å². The van der Waals surface area contributed by atoms with Crippen LogP contribution >= 0.6 is 0 Å². The summed E-state index contributed by atoms with van der Waals surface area (Å²) in [5.41, 5.74) is 3.54. The maximum Gasteiger partial charge on any atom is 0.320 e. The molecule has 33 heavy (non-hydrogen) atoms. The number of rotatable bonds is 8. The first kappa shape index (κ1) is 21.0. The lowest BCUT2D eigenvalue weighted by Gasteiger charge is -2.27. The molecule has 0 radical (unpaired) electrons. The molecule has 170 valence electrons. The van der Waals surface area contributed by atoms with Crippen molar-refractivity contribution in [3.05, 3.63) is 54.2 Å². The number of aryl methyl sites for hydroxylation is 1. The fourth-order valence-corrected chi connectivity index (χ4v) is 3.81. The van der Waals surface area contributed by atoms with Gasteiger partial charge in [0.2, 0.25) is 11.8 Å². The zero-order valence-corrected chi connectivity index (χ0v) is 18.6. The molecule has 3 aromatic heterocycles. The van der Waals surface area contributed by atoms with Crippen LogP contribution in [0.4, 0.5) is 17.5 Å². The van der Waals surface area contributed by atoms with Gasteiger partial charge in [0.05, 0.1) is 0 Å². The van der Waals surface area contributed by atoms with Gasteiger partial charge in [0, 0.05) is 31.0 Å². The molecule has 4 aromatic rings. The molecule has 9 heteroatoms. The van der Waals surface area contributed by atoms with Crippen molar-refractivity contribution < 1.29 is 9.47 Å². The molecule has 0 aliphatic carbocycles. The highest BCUT2D eigenvalue weighted by molar-refractivity contribution is 5.86. The molecular weight excluding hydrogens is 418 g/mol. The lowest BCUT2D eigenvalue weighted by molar-refractivity contribution is 0.202. The Labute approximate surface area is 192 Å². The van der Waals surface area contributed by atoms with Crippen molar-refractivity contribution >= 4 is 28.6 Å². The molecule has 1 saturated heterocycles. The van der Waals surface area contributed by atoms with Crippen LogP contribution in [0, 0.1) is 6.92 Å². The van der Waals surface area contributed by atoms with Gasteiger partial charge in [-0.3, -0.25) is 0 Å². The third-order valence-electron chi connectivity index (χ3n) is 5.48. The van der Waals surface area contributed by atoms with Crippen LogP contribution in [-0.2, 0) is 0 Å². The number of fused-ring (bicyclic) bond motifs is 1. The smallest absolute Gasteiger partial charge is 0.320 e. The van der Waals surface area contributed by atoms with E-state index in [-0.39, 0.29) is 0 Å². The largest absolute Gasteiger partial charge is 0.474 e. The van der Waals surface area contributed by atoms with E-state index < -0.39 is 0 Å². The van der Waals surface area contributed by atoms with Gasteiger partial charge in [-0.1, -0.05) is 23.8 Å². The predicted octanol–water partition coefficient (Wildman–Crippen LogP) is 4.25. The fraction of sp³-hybridized carbons (Fsp3) is 0.333. The van der Waals surface area contributed by atoms with E-state index in [1.54, 1.807) is 6.20 Å². The van der Waals surface area contributed by atoms with Gasteiger partial charge in [0.1, 0.15) is 18.7 Å². The average Bonchev–Trinajstić information content (AvgIpc) is 3.26. The van der Waals surface area contributed by atoms with E-state index >= 15 is 0 Å². The standard InChI is InChI=1S/C24H27N7O2/c1-17-8-10-18(11-9-17)26-23-27-20-21(28-23)29-24(30-22(20)31-13-5-2-6-14-31)33-16-15-32-19-7-3-4-12-25-19/h3-4,7-12H,2,5-6,13-16H2,1H3,(H2,26,27,28,29,30). The number of ether oxygens (including phenoxy) is 2. The van der Waals surface area contributed by atoms with E-state index in [2.05, 4.69) is 49.2 Å². The SMILES string of the molecule is Cc1ccc(Nc2nc3nc(OCCOc4ccccn4)nc(N4CCCCC4)c3[nH]2)cc1. The third kappa shape index (κ3) is 5.14. The van der Waals surface area contributed by atoms with E-state index in [9.17, 15) is 0 Å². The van der Waals surface area contributed by atoms with Gasteiger partial charge < -0.3 is 24.7 Å². The Morgan fingerprint density at radius 3 is 2.55 bits per heavy atom. The van der Waals surface area contributed by atoms with E-state index in [0.29, 0.717) is 36.7 Å². The van der Waals surface area contributed by atoms with Gasteiger partial charge in [-0.15, -0.1) is 0 Å². The average molecular weight is 446 g/mol. The Morgan fingerprint density at radius 2 is 1.76 bits per heavy atom. The van der Waals surface area contributed by atoms with Crippen LogP contribution in [0.3, 0.4) is 0 Å². The predicted molar refractivity (Wildman–Crippen MR) is 127 cm³/mol. The maximum absolute atomic E-state index is 5.83. The van der Waals surface area contributed by atoms with Gasteiger partial charge >= 0.3 is 6.01 Å². The van der Waals surface area contributed by atoms with Crippen LogP contribution in [-0.4, -0.2) is 51.2 Å². The van der Waals surface area contributed by atoms with Crippen LogP contribution in [0.25, 0.3) is 11.2 Å². The Balaban J connectivity index is 1.36. The summed E-state index contributed by atoms with van der Waals surface area (Å²) in [7, 11) is 0. The minimum atomic E-state index is 0.293. The quantitative estimate of drug-likeness (QED) is 0.388. The molecule has 5 rings (SSSR count). The van der Waals surface area contributed by atoms with Crippen molar-refractivity contribution in [2.45, 2.75) is 26.2 Å². The number of nitrogens with one attached hydrogen (secondary N) is 2. The number of aromatic amines is 1. The number of imidazole rings is 1. The number of aromatic nitrogens is 5. The molecule has 0 atom stereocenters. The second kappa shape index (κ2) is 9.72. The summed E-state index contributed by atoms with van der Waals surface area (Å²) in [6, 6.07) is 14.0. The van der Waals surface area contributed by atoms with Gasteiger partial charge in [0.25, 0.3) is 0 Å². The summed E-state index contributed by atoms with van der Waals surface area (Å²) in [6.45, 7) is 4.62. The van der Waals surface area contributed by atoms with Crippen LogP contribution in [0.1, 0.15) is 24.8 Å². The van der Waals surface area contributed by atoms with E-state index in [0.717, 1.165) is 43.0 Å². The fourth-order valence-electron chi connectivity index (χ4n) is 3.81. The van der Waals surface area contributed by atoms with Crippen LogP contribution in [0.15, 0.2) is 48.7 Å². The normalized spacial score (nSPS) is 13.8. The molecule has 2 N–H and O–H groups in total. The molecule has 0 amide bonds. The minimum absolute atomic E-state index is 0.293. The second-order valence-electron chi connectivity index (χ2n) is 8.02. The molecule has 0 bridgehead atoms. The summed E-state index contributed by atoms with van der Waals surface area (Å²) in [6.07, 6.45) is 5.21. The molecule has 0 unspecified atom stereocenters. The third-order valence-corrected chi connectivity index (χ3v) is 5.48. The monoisotopic (exact) mass is 445 g/mol. The van der Waals surface area contributed by atoms with Crippen LogP contribution in [0.5, 0.6) is 11.9 Å². The Morgan fingerprint density at radius 1 is 0.939 bits per heavy atom. The lowest BCUT2D eigenvalue weighted by atomic mass is 10.1. The first-order valence-electron chi connectivity index (χ1n) is 11.3. The first-order chi connectivity index (χ1) is 16.2. The summed E-state index contributed by atoms with van der Waals surface area (Å²) >= 11 is 0. The molecule has 0 saturated carbocycles. The molecule has 0 spiro atoms. The Kier molecular flexibility index (Phi) is 6.19. The molecule has 1 fully saturated rings. The second-order valence-corrected chi connectivity index (χ2v) is 8.02.